The number of carbonyl (C=O) groups excluding carboxylic acids is 1. The molecule has 2 aliphatic rings. The zero-order chi connectivity index (χ0) is 24.1. The molecule has 10 nitrogen and oxygen atoms in total. The number of aromatic nitrogens is 3. The van der Waals surface area contributed by atoms with Gasteiger partial charge in [-0.1, -0.05) is 6.07 Å². The number of pyridine rings is 1. The minimum absolute atomic E-state index is 0.0959. The van der Waals surface area contributed by atoms with Crippen LogP contribution in [0.3, 0.4) is 0 Å². The molecule has 0 radical (unpaired) electrons. The number of aryl methyl sites for hydroxylation is 1. The average Bonchev–Trinajstić information content (AvgIpc) is 3.50. The zero-order valence-electron chi connectivity index (χ0n) is 19.0. The van der Waals surface area contributed by atoms with Gasteiger partial charge in [0.15, 0.2) is 11.5 Å². The quantitative estimate of drug-likeness (QED) is 0.617. The van der Waals surface area contributed by atoms with E-state index in [1.807, 2.05) is 12.1 Å². The van der Waals surface area contributed by atoms with Gasteiger partial charge in [0.2, 0.25) is 11.8 Å². The molecular weight excluding hydrogens is 438 g/mol. The lowest BCUT2D eigenvalue weighted by molar-refractivity contribution is -0.132. The van der Waals surface area contributed by atoms with E-state index in [1.54, 1.807) is 48.8 Å². The molecule has 1 fully saturated rings. The maximum absolute atomic E-state index is 13.2. The molecule has 0 aliphatic carbocycles. The second-order valence-corrected chi connectivity index (χ2v) is 8.49. The van der Waals surface area contributed by atoms with Crippen molar-refractivity contribution in [1.82, 2.24) is 19.0 Å². The molecule has 1 N–H and O–H groups in total. The molecule has 2 atom stereocenters. The summed E-state index contributed by atoms with van der Waals surface area (Å²) in [6, 6.07) is 8.39. The van der Waals surface area contributed by atoms with Crippen molar-refractivity contribution in [3.05, 3.63) is 63.5 Å². The number of hydrogen-bond donors (Lipinski definition) is 1. The predicted octanol–water partition coefficient (Wildman–Crippen LogP) is 2.01. The first-order valence-electron chi connectivity index (χ1n) is 10.8. The van der Waals surface area contributed by atoms with Crippen LogP contribution in [0, 0.1) is 18.3 Å². The van der Waals surface area contributed by atoms with E-state index in [9.17, 15) is 14.7 Å². The fourth-order valence-corrected chi connectivity index (χ4v) is 5.02. The maximum Gasteiger partial charge on any atom is 0.336 e. The predicted molar refractivity (Wildman–Crippen MR) is 120 cm³/mol. The molecule has 2 aliphatic heterocycles. The monoisotopic (exact) mass is 461 g/mol. The number of nitriles is 1. The SMILES string of the molecule is COc1ccc(CC(=O)N2C[C@H]3CC2c2c(O)n(-c4cnc(C#N)c(C)c4)c(=O)n23)cc1OC. The first kappa shape index (κ1) is 21.6. The number of aromatic hydroxyl groups is 1. The summed E-state index contributed by atoms with van der Waals surface area (Å²) in [4.78, 5) is 32.2. The zero-order valence-corrected chi connectivity index (χ0v) is 19.0. The van der Waals surface area contributed by atoms with Crippen molar-refractivity contribution in [1.29, 1.82) is 5.26 Å². The van der Waals surface area contributed by atoms with Crippen molar-refractivity contribution >= 4 is 5.91 Å². The lowest BCUT2D eigenvalue weighted by Crippen LogP contribution is -2.38. The largest absolute Gasteiger partial charge is 0.493 e. The minimum atomic E-state index is -0.390. The number of fused-ring (bicyclic) bond motifs is 5. The van der Waals surface area contributed by atoms with Crippen LogP contribution in [-0.4, -0.2) is 50.8 Å². The normalized spacial score (nSPS) is 18.0. The number of amides is 1. The van der Waals surface area contributed by atoms with E-state index in [4.69, 9.17) is 14.7 Å². The van der Waals surface area contributed by atoms with Crippen molar-refractivity contribution in [3.8, 4) is 29.1 Å². The van der Waals surface area contributed by atoms with Gasteiger partial charge in [-0.25, -0.2) is 14.3 Å². The Hall–Kier alpha value is -4.26. The molecule has 2 bridgehead atoms. The summed E-state index contributed by atoms with van der Waals surface area (Å²) < 4.78 is 13.4. The Balaban J connectivity index is 1.45. The standard InChI is InChI=1S/C24H23N5O5/c1-13-6-15(11-26-17(13)10-25)29-23(31)22-18-9-16(28(22)24(29)32)12-27(18)21(30)8-14-4-5-19(33-2)20(7-14)34-3/h4-7,11,16,18,31H,8-9,12H2,1-3H3/t16-,18?/m1/s1. The number of hydrogen-bond acceptors (Lipinski definition) is 7. The van der Waals surface area contributed by atoms with Crippen LogP contribution in [0.4, 0.5) is 0 Å². The van der Waals surface area contributed by atoms with Crippen molar-refractivity contribution in [3.63, 3.8) is 0 Å². The fraction of sp³-hybridized carbons (Fsp3) is 0.333. The number of benzene rings is 1. The van der Waals surface area contributed by atoms with Gasteiger partial charge in [-0.3, -0.25) is 9.36 Å². The summed E-state index contributed by atoms with van der Waals surface area (Å²) in [6.07, 6.45) is 2.14. The second-order valence-electron chi connectivity index (χ2n) is 8.49. The molecule has 5 rings (SSSR count). The molecule has 4 heterocycles. The third-order valence-electron chi connectivity index (χ3n) is 6.61. The Morgan fingerprint density at radius 1 is 1.26 bits per heavy atom. The lowest BCUT2D eigenvalue weighted by Gasteiger charge is -2.28. The third-order valence-corrected chi connectivity index (χ3v) is 6.61. The molecule has 34 heavy (non-hydrogen) atoms. The lowest BCUT2D eigenvalue weighted by atomic mass is 10.1. The van der Waals surface area contributed by atoms with Gasteiger partial charge in [-0.05, 0) is 42.7 Å². The summed E-state index contributed by atoms with van der Waals surface area (Å²) in [5.41, 5.74) is 2.08. The third kappa shape index (κ3) is 3.12. The molecule has 0 spiro atoms. The molecule has 1 unspecified atom stereocenters. The van der Waals surface area contributed by atoms with Crippen molar-refractivity contribution in [2.24, 2.45) is 0 Å². The summed E-state index contributed by atoms with van der Waals surface area (Å²) in [7, 11) is 3.09. The second kappa shape index (κ2) is 7.95. The van der Waals surface area contributed by atoms with E-state index in [-0.39, 0.29) is 41.7 Å². The Bertz CT molecular complexity index is 1420. The van der Waals surface area contributed by atoms with Gasteiger partial charge in [0.25, 0.3) is 0 Å². The van der Waals surface area contributed by atoms with Crippen LogP contribution in [0.25, 0.3) is 5.69 Å². The first-order valence-corrected chi connectivity index (χ1v) is 10.8. The fourth-order valence-electron chi connectivity index (χ4n) is 5.02. The summed E-state index contributed by atoms with van der Waals surface area (Å²) in [6.45, 7) is 2.12. The minimum Gasteiger partial charge on any atom is -0.493 e. The van der Waals surface area contributed by atoms with Gasteiger partial charge in [-0.15, -0.1) is 0 Å². The summed E-state index contributed by atoms with van der Waals surface area (Å²) >= 11 is 0. The topological polar surface area (TPSA) is 123 Å². The first-order chi connectivity index (χ1) is 16.4. The van der Waals surface area contributed by atoms with Crippen LogP contribution in [0.5, 0.6) is 17.4 Å². The number of imidazole rings is 1. The molecule has 0 saturated carbocycles. The number of carbonyl (C=O) groups is 1. The number of methoxy groups -OCH3 is 2. The molecule has 1 amide bonds. The van der Waals surface area contributed by atoms with E-state index in [0.29, 0.717) is 41.4 Å². The smallest absolute Gasteiger partial charge is 0.336 e. The van der Waals surface area contributed by atoms with Crippen LogP contribution in [0.1, 0.15) is 41.0 Å². The van der Waals surface area contributed by atoms with Gasteiger partial charge in [0.05, 0.1) is 44.6 Å². The molecule has 3 aromatic rings. The van der Waals surface area contributed by atoms with Crippen molar-refractivity contribution in [2.45, 2.75) is 31.8 Å². The molecular formula is C24H23N5O5. The number of likely N-dealkylation sites (tertiary alicyclic amines) is 1. The van der Waals surface area contributed by atoms with Crippen molar-refractivity contribution in [2.75, 3.05) is 20.8 Å². The highest BCUT2D eigenvalue weighted by atomic mass is 16.5. The van der Waals surface area contributed by atoms with Gasteiger partial charge in [0, 0.05) is 6.54 Å². The van der Waals surface area contributed by atoms with Gasteiger partial charge in [0.1, 0.15) is 17.5 Å². The van der Waals surface area contributed by atoms with E-state index in [1.165, 1.54) is 10.8 Å². The highest BCUT2D eigenvalue weighted by Crippen LogP contribution is 2.48. The molecule has 174 valence electrons. The summed E-state index contributed by atoms with van der Waals surface area (Å²) in [5.74, 6) is 0.834. The van der Waals surface area contributed by atoms with Crippen LogP contribution in [-0.2, 0) is 11.2 Å². The van der Waals surface area contributed by atoms with Gasteiger partial charge >= 0.3 is 5.69 Å². The van der Waals surface area contributed by atoms with Gasteiger partial charge in [-0.2, -0.15) is 5.26 Å². The highest BCUT2D eigenvalue weighted by molar-refractivity contribution is 5.80. The van der Waals surface area contributed by atoms with Crippen LogP contribution < -0.4 is 15.2 Å². The van der Waals surface area contributed by atoms with Crippen LogP contribution in [0.15, 0.2) is 35.3 Å². The Morgan fingerprint density at radius 3 is 2.71 bits per heavy atom. The van der Waals surface area contributed by atoms with E-state index >= 15 is 0 Å². The molecule has 1 aromatic carbocycles. The van der Waals surface area contributed by atoms with Crippen molar-refractivity contribution < 1.29 is 19.4 Å². The maximum atomic E-state index is 13.2. The Morgan fingerprint density at radius 2 is 2.03 bits per heavy atom. The molecule has 10 heteroatoms. The highest BCUT2D eigenvalue weighted by Gasteiger charge is 2.49. The molecule has 2 aromatic heterocycles. The number of rotatable bonds is 5. The van der Waals surface area contributed by atoms with E-state index < -0.39 is 0 Å². The molecule has 1 saturated heterocycles. The van der Waals surface area contributed by atoms with E-state index in [0.717, 1.165) is 5.56 Å². The Labute approximate surface area is 195 Å². The van der Waals surface area contributed by atoms with Crippen LogP contribution >= 0.6 is 0 Å². The number of ether oxygens (including phenoxy) is 2. The number of nitrogens with zero attached hydrogens (tertiary/aromatic N) is 5. The van der Waals surface area contributed by atoms with Gasteiger partial charge < -0.3 is 19.5 Å². The Kier molecular flexibility index (Phi) is 5.05. The summed E-state index contributed by atoms with van der Waals surface area (Å²) in [5, 5.41) is 20.1. The van der Waals surface area contributed by atoms with E-state index in [2.05, 4.69) is 4.98 Å². The average molecular weight is 461 g/mol. The van der Waals surface area contributed by atoms with Crippen LogP contribution in [0.2, 0.25) is 0 Å².